The number of pyridine rings is 1. The topological polar surface area (TPSA) is 75.5 Å². The van der Waals surface area contributed by atoms with Crippen molar-refractivity contribution >= 4 is 17.3 Å². The van der Waals surface area contributed by atoms with Crippen molar-refractivity contribution in [2.24, 2.45) is 23.2 Å². The van der Waals surface area contributed by atoms with Gasteiger partial charge < -0.3 is 10.6 Å². The van der Waals surface area contributed by atoms with Gasteiger partial charge in [0.05, 0.1) is 23.2 Å². The van der Waals surface area contributed by atoms with Gasteiger partial charge in [-0.25, -0.2) is 4.52 Å². The second kappa shape index (κ2) is 7.78. The first-order chi connectivity index (χ1) is 15.2. The predicted octanol–water partition coefficient (Wildman–Crippen LogP) is 3.50. The predicted molar refractivity (Wildman–Crippen MR) is 111 cm³/mol. The van der Waals surface area contributed by atoms with Gasteiger partial charge in [0.1, 0.15) is 6.54 Å². The van der Waals surface area contributed by atoms with Crippen LogP contribution in [0.15, 0.2) is 24.4 Å². The molecule has 0 atom stereocenters. The molecule has 2 aromatic rings. The first-order valence-corrected chi connectivity index (χ1v) is 11.3. The van der Waals surface area contributed by atoms with E-state index < -0.39 is 18.6 Å². The average molecular weight is 448 g/mol. The molecule has 2 amide bonds. The Kier molecular flexibility index (Phi) is 5.17. The minimum atomic E-state index is -4.46. The summed E-state index contributed by atoms with van der Waals surface area (Å²) in [5.41, 5.74) is 1.52. The highest BCUT2D eigenvalue weighted by Crippen LogP contribution is 2.59. The standard InChI is InChI=1S/C23H27F3N4O2/c24-23(25,26)13-27-20(31)8-17-7-19-18(2-1-3-30(19)29-17)21(32)28-12-22-9-14-4-15(10-22)6-16(5-14)11-22/h1-3,7,14-16H,4-6,8-13H2,(H,27,31)(H,28,32). The van der Waals surface area contributed by atoms with E-state index in [1.54, 1.807) is 24.4 Å². The summed E-state index contributed by atoms with van der Waals surface area (Å²) < 4.78 is 38.4. The normalized spacial score (nSPS) is 28.8. The molecule has 0 aromatic carbocycles. The summed E-state index contributed by atoms with van der Waals surface area (Å²) in [6.07, 6.45) is 4.56. The Morgan fingerprint density at radius 3 is 2.38 bits per heavy atom. The number of rotatable bonds is 6. The minimum Gasteiger partial charge on any atom is -0.351 e. The SMILES string of the molecule is O=C(Cc1cc2c(C(=O)NCC34CC5CC(CC(C5)C3)C4)cccn2n1)NCC(F)(F)F. The summed E-state index contributed by atoms with van der Waals surface area (Å²) in [6, 6.07) is 5.00. The Morgan fingerprint density at radius 2 is 1.75 bits per heavy atom. The lowest BCUT2D eigenvalue weighted by molar-refractivity contribution is -0.138. The maximum atomic E-state index is 13.0. The molecule has 2 heterocycles. The van der Waals surface area contributed by atoms with Crippen LogP contribution in [0.25, 0.3) is 5.52 Å². The van der Waals surface area contributed by atoms with Crippen LogP contribution in [-0.2, 0) is 11.2 Å². The van der Waals surface area contributed by atoms with Crippen LogP contribution in [0.3, 0.4) is 0 Å². The molecule has 6 rings (SSSR count). The summed E-state index contributed by atoms with van der Waals surface area (Å²) >= 11 is 0. The molecule has 9 heteroatoms. The third-order valence-corrected chi connectivity index (χ3v) is 7.41. The van der Waals surface area contributed by atoms with Gasteiger partial charge in [0.2, 0.25) is 5.91 Å². The van der Waals surface area contributed by atoms with E-state index in [1.807, 2.05) is 5.32 Å². The second-order valence-electron chi connectivity index (χ2n) is 10.1. The van der Waals surface area contributed by atoms with Gasteiger partial charge >= 0.3 is 6.18 Å². The van der Waals surface area contributed by atoms with Gasteiger partial charge in [-0.3, -0.25) is 9.59 Å². The van der Waals surface area contributed by atoms with Crippen molar-refractivity contribution in [2.45, 2.75) is 51.1 Å². The number of hydrogen-bond donors (Lipinski definition) is 2. The molecule has 0 unspecified atom stereocenters. The maximum Gasteiger partial charge on any atom is 0.405 e. The first-order valence-electron chi connectivity index (χ1n) is 11.3. The Morgan fingerprint density at radius 1 is 1.09 bits per heavy atom. The van der Waals surface area contributed by atoms with Crippen molar-refractivity contribution in [3.8, 4) is 0 Å². The number of nitrogens with one attached hydrogen (secondary N) is 2. The van der Waals surface area contributed by atoms with Gasteiger partial charge in [-0.15, -0.1) is 0 Å². The maximum absolute atomic E-state index is 13.0. The van der Waals surface area contributed by atoms with Crippen molar-refractivity contribution in [3.05, 3.63) is 35.7 Å². The van der Waals surface area contributed by atoms with Crippen molar-refractivity contribution in [1.82, 2.24) is 20.2 Å². The monoisotopic (exact) mass is 448 g/mol. The van der Waals surface area contributed by atoms with Gasteiger partial charge in [-0.05, 0) is 79.9 Å². The third-order valence-electron chi connectivity index (χ3n) is 7.41. The number of alkyl halides is 3. The number of aromatic nitrogens is 2. The van der Waals surface area contributed by atoms with Crippen LogP contribution in [0.4, 0.5) is 13.2 Å². The van der Waals surface area contributed by atoms with E-state index in [2.05, 4.69) is 10.4 Å². The molecule has 32 heavy (non-hydrogen) atoms. The lowest BCUT2D eigenvalue weighted by Crippen LogP contribution is -2.51. The van der Waals surface area contributed by atoms with Crippen LogP contribution in [0.5, 0.6) is 0 Å². The van der Waals surface area contributed by atoms with Crippen LogP contribution < -0.4 is 10.6 Å². The summed E-state index contributed by atoms with van der Waals surface area (Å²) in [5.74, 6) is 1.48. The molecular weight excluding hydrogens is 421 g/mol. The van der Waals surface area contributed by atoms with Crippen molar-refractivity contribution < 1.29 is 22.8 Å². The zero-order valence-corrected chi connectivity index (χ0v) is 17.8. The van der Waals surface area contributed by atoms with Crippen LogP contribution in [0.1, 0.15) is 54.6 Å². The van der Waals surface area contributed by atoms with Crippen LogP contribution in [0.2, 0.25) is 0 Å². The largest absolute Gasteiger partial charge is 0.405 e. The van der Waals surface area contributed by atoms with E-state index in [0.29, 0.717) is 23.3 Å². The zero-order chi connectivity index (χ0) is 22.5. The number of fused-ring (bicyclic) bond motifs is 1. The molecule has 0 aliphatic heterocycles. The van der Waals surface area contributed by atoms with Gasteiger partial charge in [0.25, 0.3) is 5.91 Å². The Labute approximate surface area is 183 Å². The number of nitrogens with zero attached hydrogens (tertiary/aromatic N) is 2. The Bertz CT molecular complexity index is 1010. The molecule has 0 saturated heterocycles. The average Bonchev–Trinajstić information content (AvgIpc) is 3.11. The molecule has 172 valence electrons. The number of halogens is 3. The van der Waals surface area contributed by atoms with Crippen LogP contribution >= 0.6 is 0 Å². The Hall–Kier alpha value is -2.58. The van der Waals surface area contributed by atoms with Gasteiger partial charge in [-0.1, -0.05) is 0 Å². The molecule has 0 radical (unpaired) electrons. The van der Waals surface area contributed by atoms with E-state index >= 15 is 0 Å². The summed E-state index contributed by atoms with van der Waals surface area (Å²) in [5, 5.41) is 9.24. The molecule has 4 saturated carbocycles. The van der Waals surface area contributed by atoms with Crippen LogP contribution in [0, 0.1) is 23.2 Å². The van der Waals surface area contributed by atoms with E-state index in [4.69, 9.17) is 0 Å². The molecule has 4 fully saturated rings. The molecule has 2 N–H and O–H groups in total. The second-order valence-corrected chi connectivity index (χ2v) is 10.1. The molecule has 2 aromatic heterocycles. The highest BCUT2D eigenvalue weighted by molar-refractivity contribution is 6.00. The minimum absolute atomic E-state index is 0.181. The molecular formula is C23H27F3N4O2. The highest BCUT2D eigenvalue weighted by Gasteiger charge is 2.50. The number of amides is 2. The fourth-order valence-electron chi connectivity index (χ4n) is 6.64. The van der Waals surface area contributed by atoms with Gasteiger partial charge in [-0.2, -0.15) is 18.3 Å². The van der Waals surface area contributed by atoms with E-state index in [-0.39, 0.29) is 17.7 Å². The zero-order valence-electron chi connectivity index (χ0n) is 17.8. The third kappa shape index (κ3) is 4.34. The van der Waals surface area contributed by atoms with Crippen molar-refractivity contribution in [3.63, 3.8) is 0 Å². The number of hydrogen-bond acceptors (Lipinski definition) is 3. The Balaban J connectivity index is 1.26. The highest BCUT2D eigenvalue weighted by atomic mass is 19.4. The lowest BCUT2D eigenvalue weighted by atomic mass is 9.49. The molecule has 4 aliphatic rings. The van der Waals surface area contributed by atoms with E-state index in [0.717, 1.165) is 17.8 Å². The number of carbonyl (C=O) groups is 2. The summed E-state index contributed by atoms with van der Waals surface area (Å²) in [6.45, 7) is -0.700. The summed E-state index contributed by atoms with van der Waals surface area (Å²) in [4.78, 5) is 24.9. The summed E-state index contributed by atoms with van der Waals surface area (Å²) in [7, 11) is 0. The van der Waals surface area contributed by atoms with Crippen molar-refractivity contribution in [1.29, 1.82) is 0 Å². The van der Waals surface area contributed by atoms with E-state index in [1.165, 1.54) is 43.0 Å². The van der Waals surface area contributed by atoms with E-state index in [9.17, 15) is 22.8 Å². The smallest absolute Gasteiger partial charge is 0.351 e. The molecule has 0 spiro atoms. The fourth-order valence-corrected chi connectivity index (χ4v) is 6.64. The lowest BCUT2D eigenvalue weighted by Gasteiger charge is -2.56. The quantitative estimate of drug-likeness (QED) is 0.710. The first kappa shape index (κ1) is 21.3. The fraction of sp³-hybridized carbons (Fsp3) is 0.609. The van der Waals surface area contributed by atoms with Gasteiger partial charge in [0.15, 0.2) is 0 Å². The van der Waals surface area contributed by atoms with Crippen LogP contribution in [-0.4, -0.2) is 40.7 Å². The molecule has 4 bridgehead atoms. The van der Waals surface area contributed by atoms with Gasteiger partial charge in [0, 0.05) is 12.7 Å². The molecule has 4 aliphatic carbocycles. The molecule has 6 nitrogen and oxygen atoms in total. The van der Waals surface area contributed by atoms with Crippen molar-refractivity contribution in [2.75, 3.05) is 13.1 Å². The number of carbonyl (C=O) groups excluding carboxylic acids is 2.